The van der Waals surface area contributed by atoms with Crippen molar-refractivity contribution in [3.63, 3.8) is 0 Å². The number of nitrogens with one attached hydrogen (secondary N) is 1. The molecule has 1 rings (SSSR count). The molecule has 0 saturated carbocycles. The van der Waals surface area contributed by atoms with E-state index in [0.29, 0.717) is 5.69 Å². The van der Waals surface area contributed by atoms with Crippen LogP contribution in [0.5, 0.6) is 0 Å². The number of aryl methyl sites for hydroxylation is 1. The number of benzene rings is 1. The number of urea groups is 1. The van der Waals surface area contributed by atoms with Gasteiger partial charge in [-0.2, -0.15) is 0 Å². The minimum Gasteiger partial charge on any atom is -0.369 e. The number of guanidine groups is 1. The molecule has 16 heavy (non-hydrogen) atoms. The van der Waals surface area contributed by atoms with Gasteiger partial charge in [0.25, 0.3) is 0 Å². The summed E-state index contributed by atoms with van der Waals surface area (Å²) in [4.78, 5) is 14.6. The van der Waals surface area contributed by atoms with E-state index in [1.807, 2.05) is 19.1 Å². The fraction of sp³-hybridized carbons (Fsp3) is 0.111. The molecule has 1 aromatic carbocycles. The van der Waals surface area contributed by atoms with Crippen molar-refractivity contribution < 1.29 is 4.79 Å². The van der Waals surface area contributed by atoms with Crippen molar-refractivity contribution in [3.8, 4) is 0 Å². The number of rotatable bonds is 1. The standard InChI is InChI=1S/C9H10Br2N4O/c1-4-2-5(10)7(6(11)3-4)14-8(12)15-9(13)16/h2-3H,1H3,(H5,12,13,14,15,16). The van der Waals surface area contributed by atoms with Crippen LogP contribution in [0.15, 0.2) is 26.1 Å². The van der Waals surface area contributed by atoms with Gasteiger partial charge in [-0.25, -0.2) is 9.79 Å². The third-order valence-corrected chi connectivity index (χ3v) is 2.85. The molecule has 0 bridgehead atoms. The summed E-state index contributed by atoms with van der Waals surface area (Å²) in [7, 11) is 0. The van der Waals surface area contributed by atoms with E-state index in [1.165, 1.54) is 0 Å². The summed E-state index contributed by atoms with van der Waals surface area (Å²) >= 11 is 6.71. The first kappa shape index (κ1) is 13.0. The van der Waals surface area contributed by atoms with Crippen molar-refractivity contribution in [3.05, 3.63) is 26.6 Å². The first-order chi connectivity index (χ1) is 7.40. The van der Waals surface area contributed by atoms with Crippen molar-refractivity contribution in [2.24, 2.45) is 16.5 Å². The Balaban J connectivity index is 3.10. The fourth-order valence-electron chi connectivity index (χ4n) is 1.07. The quantitative estimate of drug-likeness (QED) is 0.535. The number of aliphatic imine (C=N–C) groups is 1. The van der Waals surface area contributed by atoms with E-state index < -0.39 is 6.03 Å². The topological polar surface area (TPSA) is 93.5 Å². The first-order valence-electron chi connectivity index (χ1n) is 4.26. The molecule has 5 N–H and O–H groups in total. The van der Waals surface area contributed by atoms with Gasteiger partial charge in [-0.3, -0.25) is 5.32 Å². The van der Waals surface area contributed by atoms with Gasteiger partial charge in [0.05, 0.1) is 5.69 Å². The molecule has 0 fully saturated rings. The predicted molar refractivity (Wildman–Crippen MR) is 70.6 cm³/mol. The van der Waals surface area contributed by atoms with Crippen LogP contribution in [0.4, 0.5) is 10.5 Å². The molecule has 0 unspecified atom stereocenters. The Hall–Kier alpha value is -1.08. The average Bonchev–Trinajstić information content (AvgIpc) is 2.09. The van der Waals surface area contributed by atoms with Crippen molar-refractivity contribution in [1.82, 2.24) is 5.32 Å². The van der Waals surface area contributed by atoms with Gasteiger partial charge < -0.3 is 11.5 Å². The smallest absolute Gasteiger partial charge is 0.318 e. The van der Waals surface area contributed by atoms with Crippen LogP contribution in [0.2, 0.25) is 0 Å². The van der Waals surface area contributed by atoms with Gasteiger partial charge >= 0.3 is 6.03 Å². The Morgan fingerprint density at radius 3 is 2.25 bits per heavy atom. The molecule has 0 aliphatic heterocycles. The van der Waals surface area contributed by atoms with Crippen LogP contribution in [-0.2, 0) is 0 Å². The number of primary amides is 1. The maximum Gasteiger partial charge on any atom is 0.318 e. The van der Waals surface area contributed by atoms with Crippen LogP contribution < -0.4 is 16.8 Å². The number of carbonyl (C=O) groups excluding carboxylic acids is 1. The van der Waals surface area contributed by atoms with Crippen LogP contribution in [-0.4, -0.2) is 12.0 Å². The molecule has 0 aromatic heterocycles. The highest BCUT2D eigenvalue weighted by atomic mass is 79.9. The van der Waals surface area contributed by atoms with E-state index in [-0.39, 0.29) is 5.96 Å². The maximum absolute atomic E-state index is 10.6. The zero-order valence-corrected chi connectivity index (χ0v) is 11.6. The fourth-order valence-corrected chi connectivity index (χ4v) is 2.67. The van der Waals surface area contributed by atoms with Crippen LogP contribution >= 0.6 is 31.9 Å². The second-order valence-corrected chi connectivity index (χ2v) is 4.77. The summed E-state index contributed by atoms with van der Waals surface area (Å²) in [6.45, 7) is 1.95. The number of hydrogen-bond donors (Lipinski definition) is 3. The number of nitrogens with two attached hydrogens (primary N) is 2. The molecule has 2 amide bonds. The summed E-state index contributed by atoms with van der Waals surface area (Å²) in [5.41, 5.74) is 12.1. The SMILES string of the molecule is Cc1cc(Br)c(N=C(N)NC(N)=O)c(Br)c1. The largest absolute Gasteiger partial charge is 0.369 e. The molecule has 5 nitrogen and oxygen atoms in total. The first-order valence-corrected chi connectivity index (χ1v) is 5.85. The highest BCUT2D eigenvalue weighted by Gasteiger charge is 2.06. The molecule has 7 heteroatoms. The number of carbonyl (C=O) groups is 1. The Kier molecular flexibility index (Phi) is 4.31. The molecule has 0 aliphatic carbocycles. The third kappa shape index (κ3) is 3.49. The Labute approximate surface area is 110 Å². The van der Waals surface area contributed by atoms with Crippen LogP contribution in [0, 0.1) is 6.92 Å². The lowest BCUT2D eigenvalue weighted by atomic mass is 10.2. The summed E-state index contributed by atoms with van der Waals surface area (Å²) < 4.78 is 1.54. The third-order valence-electron chi connectivity index (χ3n) is 1.64. The van der Waals surface area contributed by atoms with Gasteiger partial charge in [0.2, 0.25) is 5.96 Å². The molecular formula is C9H10Br2N4O. The van der Waals surface area contributed by atoms with Crippen molar-refractivity contribution in [1.29, 1.82) is 0 Å². The number of amides is 2. The highest BCUT2D eigenvalue weighted by molar-refractivity contribution is 9.11. The Morgan fingerprint density at radius 2 is 1.81 bits per heavy atom. The van der Waals surface area contributed by atoms with Crippen LogP contribution in [0.25, 0.3) is 0 Å². The predicted octanol–water partition coefficient (Wildman–Crippen LogP) is 2.13. The number of nitrogens with zero attached hydrogens (tertiary/aromatic N) is 1. The van der Waals surface area contributed by atoms with Gasteiger partial charge in [-0.1, -0.05) is 0 Å². The average molecular weight is 350 g/mol. The lowest BCUT2D eigenvalue weighted by molar-refractivity contribution is 0.253. The summed E-state index contributed by atoms with van der Waals surface area (Å²) in [6.07, 6.45) is 0. The van der Waals surface area contributed by atoms with E-state index in [4.69, 9.17) is 11.5 Å². The second-order valence-electron chi connectivity index (χ2n) is 3.06. The Bertz CT molecular complexity index is 436. The van der Waals surface area contributed by atoms with Gasteiger partial charge in [-0.05, 0) is 56.5 Å². The van der Waals surface area contributed by atoms with E-state index >= 15 is 0 Å². The summed E-state index contributed by atoms with van der Waals surface area (Å²) in [6, 6.07) is 3.03. The molecular weight excluding hydrogens is 340 g/mol. The zero-order chi connectivity index (χ0) is 12.3. The number of hydrogen-bond acceptors (Lipinski definition) is 2. The minimum atomic E-state index is -0.749. The lowest BCUT2D eigenvalue weighted by Gasteiger charge is -2.06. The molecule has 0 spiro atoms. The van der Waals surface area contributed by atoms with Gasteiger partial charge in [0.1, 0.15) is 0 Å². The normalized spacial score (nSPS) is 11.3. The Morgan fingerprint density at radius 1 is 1.31 bits per heavy atom. The minimum absolute atomic E-state index is 0.0576. The van der Waals surface area contributed by atoms with E-state index in [0.717, 1.165) is 14.5 Å². The van der Waals surface area contributed by atoms with E-state index in [9.17, 15) is 4.79 Å². The zero-order valence-electron chi connectivity index (χ0n) is 8.42. The molecule has 0 saturated heterocycles. The van der Waals surface area contributed by atoms with Crippen LogP contribution in [0.1, 0.15) is 5.56 Å². The van der Waals surface area contributed by atoms with Crippen molar-refractivity contribution >= 4 is 49.5 Å². The molecule has 0 atom stereocenters. The molecule has 1 aromatic rings. The monoisotopic (exact) mass is 348 g/mol. The van der Waals surface area contributed by atoms with Gasteiger partial charge in [0.15, 0.2) is 0 Å². The molecule has 86 valence electrons. The molecule has 0 aliphatic rings. The highest BCUT2D eigenvalue weighted by Crippen LogP contribution is 2.34. The molecule has 0 heterocycles. The van der Waals surface area contributed by atoms with Crippen LogP contribution in [0.3, 0.4) is 0 Å². The van der Waals surface area contributed by atoms with Gasteiger partial charge in [-0.15, -0.1) is 0 Å². The van der Waals surface area contributed by atoms with Gasteiger partial charge in [0, 0.05) is 8.95 Å². The summed E-state index contributed by atoms with van der Waals surface area (Å²) in [5, 5.41) is 2.19. The second kappa shape index (κ2) is 5.31. The maximum atomic E-state index is 10.6. The summed E-state index contributed by atoms with van der Waals surface area (Å²) in [5.74, 6) is -0.0576. The van der Waals surface area contributed by atoms with Crippen molar-refractivity contribution in [2.45, 2.75) is 6.92 Å². The number of halogens is 2. The van der Waals surface area contributed by atoms with E-state index in [2.05, 4.69) is 42.2 Å². The van der Waals surface area contributed by atoms with E-state index in [1.54, 1.807) is 0 Å². The molecule has 0 radical (unpaired) electrons. The lowest BCUT2D eigenvalue weighted by Crippen LogP contribution is -2.39. The van der Waals surface area contributed by atoms with Crippen molar-refractivity contribution in [2.75, 3.05) is 0 Å².